The molecule has 19 heavy (non-hydrogen) atoms. The molecule has 0 aliphatic heterocycles. The Morgan fingerprint density at radius 3 is 2.79 bits per heavy atom. The van der Waals surface area contributed by atoms with E-state index in [1.807, 2.05) is 6.92 Å². The van der Waals surface area contributed by atoms with E-state index >= 15 is 0 Å². The molecule has 6 nitrogen and oxygen atoms in total. The Morgan fingerprint density at radius 1 is 1.47 bits per heavy atom. The van der Waals surface area contributed by atoms with Gasteiger partial charge in [0.2, 0.25) is 0 Å². The summed E-state index contributed by atoms with van der Waals surface area (Å²) in [4.78, 5) is 22.4. The van der Waals surface area contributed by atoms with Crippen LogP contribution < -0.4 is 10.6 Å². The van der Waals surface area contributed by atoms with E-state index in [4.69, 9.17) is 0 Å². The zero-order valence-corrected chi connectivity index (χ0v) is 10.8. The molecule has 2 rings (SSSR count). The minimum Gasteiger partial charge on any atom is -0.377 e. The summed E-state index contributed by atoms with van der Waals surface area (Å²) in [5.41, 5.74) is 0.761. The molecule has 1 aromatic carbocycles. The number of hydrogen-bond acceptors (Lipinski definition) is 4. The Labute approximate surface area is 111 Å². The highest BCUT2D eigenvalue weighted by Gasteiger charge is 2.25. The first-order valence-corrected chi connectivity index (χ1v) is 6.45. The summed E-state index contributed by atoms with van der Waals surface area (Å²) >= 11 is 0. The fourth-order valence-electron chi connectivity index (χ4n) is 1.73. The minimum absolute atomic E-state index is 0.0453. The highest BCUT2D eigenvalue weighted by Crippen LogP contribution is 2.31. The van der Waals surface area contributed by atoms with Crippen molar-refractivity contribution in [2.45, 2.75) is 32.2 Å². The van der Waals surface area contributed by atoms with Gasteiger partial charge in [-0.25, -0.2) is 0 Å². The number of anilines is 1. The van der Waals surface area contributed by atoms with E-state index in [0.717, 1.165) is 19.3 Å². The molecule has 0 radical (unpaired) electrons. The van der Waals surface area contributed by atoms with Crippen LogP contribution in [0, 0.1) is 10.1 Å². The Bertz CT molecular complexity index is 498. The van der Waals surface area contributed by atoms with E-state index in [1.54, 1.807) is 12.1 Å². The number of rotatable bonds is 6. The fraction of sp³-hybridized carbons (Fsp3) is 0.462. The Hall–Kier alpha value is -2.11. The van der Waals surface area contributed by atoms with Crippen molar-refractivity contribution in [1.29, 1.82) is 0 Å². The number of carbonyl (C=O) groups is 1. The number of nitro benzene ring substituents is 1. The first-order chi connectivity index (χ1) is 9.11. The average Bonchev–Trinajstić information content (AvgIpc) is 3.20. The number of nitro groups is 1. The zero-order chi connectivity index (χ0) is 13.8. The van der Waals surface area contributed by atoms with Crippen molar-refractivity contribution in [1.82, 2.24) is 5.32 Å². The number of hydrogen-bond donors (Lipinski definition) is 2. The average molecular weight is 263 g/mol. The van der Waals surface area contributed by atoms with Crippen molar-refractivity contribution in [2.24, 2.45) is 0 Å². The molecule has 0 unspecified atom stereocenters. The van der Waals surface area contributed by atoms with Crippen LogP contribution in [0.2, 0.25) is 0 Å². The van der Waals surface area contributed by atoms with Gasteiger partial charge >= 0.3 is 0 Å². The summed E-state index contributed by atoms with van der Waals surface area (Å²) in [7, 11) is 0. The lowest BCUT2D eigenvalue weighted by molar-refractivity contribution is -0.384. The summed E-state index contributed by atoms with van der Waals surface area (Å²) in [6.45, 7) is 2.51. The van der Waals surface area contributed by atoms with Crippen LogP contribution >= 0.6 is 0 Å². The number of benzene rings is 1. The Kier molecular flexibility index (Phi) is 3.99. The molecule has 0 heterocycles. The van der Waals surface area contributed by atoms with Gasteiger partial charge in [-0.15, -0.1) is 0 Å². The summed E-state index contributed by atoms with van der Waals surface area (Å²) in [5.74, 6) is -0.275. The second-order valence-electron chi connectivity index (χ2n) is 4.66. The molecule has 0 atom stereocenters. The van der Waals surface area contributed by atoms with E-state index in [0.29, 0.717) is 23.8 Å². The van der Waals surface area contributed by atoms with Crippen molar-refractivity contribution >= 4 is 17.3 Å². The maximum Gasteiger partial charge on any atom is 0.293 e. The van der Waals surface area contributed by atoms with Crippen LogP contribution in [0.1, 0.15) is 36.5 Å². The molecule has 6 heteroatoms. The van der Waals surface area contributed by atoms with Crippen molar-refractivity contribution in [3.8, 4) is 0 Å². The summed E-state index contributed by atoms with van der Waals surface area (Å²) in [5, 5.41) is 16.9. The third-order valence-corrected chi connectivity index (χ3v) is 2.93. The van der Waals surface area contributed by atoms with Gasteiger partial charge in [-0.3, -0.25) is 14.9 Å². The van der Waals surface area contributed by atoms with Crippen molar-refractivity contribution in [2.75, 3.05) is 11.9 Å². The molecule has 0 bridgehead atoms. The molecular weight excluding hydrogens is 246 g/mol. The molecule has 2 N–H and O–H groups in total. The first kappa shape index (κ1) is 13.3. The van der Waals surface area contributed by atoms with Gasteiger partial charge in [0.15, 0.2) is 0 Å². The van der Waals surface area contributed by atoms with Gasteiger partial charge < -0.3 is 10.6 Å². The van der Waals surface area contributed by atoms with Crippen LogP contribution in [0.4, 0.5) is 11.4 Å². The first-order valence-electron chi connectivity index (χ1n) is 6.45. The topological polar surface area (TPSA) is 84.3 Å². The molecule has 1 saturated carbocycles. The SMILES string of the molecule is CCCNC(=O)c1ccc(NC2CC2)c([N+](=O)[O-])c1. The van der Waals surface area contributed by atoms with E-state index in [9.17, 15) is 14.9 Å². The van der Waals surface area contributed by atoms with Crippen LogP contribution in [0.5, 0.6) is 0 Å². The highest BCUT2D eigenvalue weighted by molar-refractivity contribution is 5.95. The van der Waals surface area contributed by atoms with Crippen LogP contribution in [0.3, 0.4) is 0 Å². The summed E-state index contributed by atoms with van der Waals surface area (Å²) in [6.07, 6.45) is 2.90. The lowest BCUT2D eigenvalue weighted by atomic mass is 10.1. The van der Waals surface area contributed by atoms with Crippen LogP contribution in [-0.2, 0) is 0 Å². The number of carbonyl (C=O) groups excluding carboxylic acids is 1. The van der Waals surface area contributed by atoms with Crippen LogP contribution in [0.15, 0.2) is 18.2 Å². The lowest BCUT2D eigenvalue weighted by Gasteiger charge is -2.08. The standard InChI is InChI=1S/C13H17N3O3/c1-2-7-14-13(17)9-3-6-11(15-10-4-5-10)12(8-9)16(18)19/h3,6,8,10,15H,2,4-5,7H2,1H3,(H,14,17). The van der Waals surface area contributed by atoms with Gasteiger partial charge in [0.05, 0.1) is 4.92 Å². The molecule has 1 fully saturated rings. The number of nitrogens with zero attached hydrogens (tertiary/aromatic N) is 1. The molecule has 1 aliphatic carbocycles. The third-order valence-electron chi connectivity index (χ3n) is 2.93. The molecule has 102 valence electrons. The quantitative estimate of drug-likeness (QED) is 0.609. The molecule has 0 aromatic heterocycles. The molecule has 1 aliphatic rings. The largest absolute Gasteiger partial charge is 0.377 e. The van der Waals surface area contributed by atoms with Gasteiger partial charge in [0.1, 0.15) is 5.69 Å². The summed E-state index contributed by atoms with van der Waals surface area (Å²) < 4.78 is 0. The van der Waals surface area contributed by atoms with E-state index < -0.39 is 4.92 Å². The predicted octanol–water partition coefficient (Wildman–Crippen LogP) is 2.31. The fourth-order valence-corrected chi connectivity index (χ4v) is 1.73. The van der Waals surface area contributed by atoms with E-state index in [1.165, 1.54) is 6.07 Å². The minimum atomic E-state index is -0.457. The molecule has 0 saturated heterocycles. The number of amides is 1. The second-order valence-corrected chi connectivity index (χ2v) is 4.66. The molecule has 1 aromatic rings. The van der Waals surface area contributed by atoms with Crippen molar-refractivity contribution in [3.05, 3.63) is 33.9 Å². The molecule has 1 amide bonds. The monoisotopic (exact) mass is 263 g/mol. The van der Waals surface area contributed by atoms with Gasteiger partial charge in [-0.1, -0.05) is 6.92 Å². The van der Waals surface area contributed by atoms with Gasteiger partial charge in [-0.05, 0) is 31.4 Å². The lowest BCUT2D eigenvalue weighted by Crippen LogP contribution is -2.24. The van der Waals surface area contributed by atoms with Crippen molar-refractivity contribution in [3.63, 3.8) is 0 Å². The number of nitrogens with one attached hydrogen (secondary N) is 2. The Morgan fingerprint density at radius 2 is 2.21 bits per heavy atom. The van der Waals surface area contributed by atoms with Gasteiger partial charge in [0.25, 0.3) is 11.6 Å². The second kappa shape index (κ2) is 5.69. The normalized spacial score (nSPS) is 13.9. The molecular formula is C13H17N3O3. The van der Waals surface area contributed by atoms with Crippen molar-refractivity contribution < 1.29 is 9.72 Å². The van der Waals surface area contributed by atoms with E-state index in [2.05, 4.69) is 10.6 Å². The maximum atomic E-state index is 11.8. The van der Waals surface area contributed by atoms with Gasteiger partial charge in [-0.2, -0.15) is 0 Å². The predicted molar refractivity (Wildman–Crippen MR) is 72.4 cm³/mol. The van der Waals surface area contributed by atoms with Crippen LogP contribution in [-0.4, -0.2) is 23.4 Å². The third kappa shape index (κ3) is 3.43. The zero-order valence-electron chi connectivity index (χ0n) is 10.8. The van der Waals surface area contributed by atoms with Gasteiger partial charge in [0, 0.05) is 24.2 Å². The van der Waals surface area contributed by atoms with E-state index in [-0.39, 0.29) is 11.6 Å². The van der Waals surface area contributed by atoms with Crippen LogP contribution in [0.25, 0.3) is 0 Å². The smallest absolute Gasteiger partial charge is 0.293 e. The Balaban J connectivity index is 2.19. The maximum absolute atomic E-state index is 11.8. The highest BCUT2D eigenvalue weighted by atomic mass is 16.6. The molecule has 0 spiro atoms. The summed E-state index contributed by atoms with van der Waals surface area (Å²) in [6, 6.07) is 4.88.